The molecule has 0 nitrogen and oxygen atoms in total. The molecule has 1 saturated carbocycles. The molecule has 0 aromatic carbocycles. The molecule has 1 rings (SSSR count). The maximum atomic E-state index is 2.43. The predicted octanol–water partition coefficient (Wildman–Crippen LogP) is 3.86. The Kier molecular flexibility index (Phi) is 2.07. The first-order valence-corrected chi connectivity index (χ1v) is 4.90. The van der Waals surface area contributed by atoms with Gasteiger partial charge in [0.1, 0.15) is 0 Å². The molecule has 0 radical (unpaired) electrons. The number of rotatable bonds is 3. The van der Waals surface area contributed by atoms with Crippen molar-refractivity contribution < 1.29 is 0 Å². The molecular formula is C11H22. The molecule has 1 fully saturated rings. The van der Waals surface area contributed by atoms with Crippen molar-refractivity contribution in [2.75, 3.05) is 0 Å². The lowest BCUT2D eigenvalue weighted by molar-refractivity contribution is 0.244. The van der Waals surface area contributed by atoms with E-state index >= 15 is 0 Å². The summed E-state index contributed by atoms with van der Waals surface area (Å²) in [6.45, 7) is 11.9. The van der Waals surface area contributed by atoms with Gasteiger partial charge in [0.15, 0.2) is 0 Å². The predicted molar refractivity (Wildman–Crippen MR) is 50.6 cm³/mol. The average molecular weight is 154 g/mol. The largest absolute Gasteiger partial charge is 0.0654 e. The molecule has 11 heavy (non-hydrogen) atoms. The molecule has 66 valence electrons. The van der Waals surface area contributed by atoms with E-state index in [0.29, 0.717) is 10.8 Å². The van der Waals surface area contributed by atoms with E-state index in [1.165, 1.54) is 19.3 Å². The normalized spacial score (nSPS) is 28.6. The quantitative estimate of drug-likeness (QED) is 0.579. The molecule has 1 atom stereocenters. The Morgan fingerprint density at radius 1 is 1.36 bits per heavy atom. The first kappa shape index (κ1) is 9.09. The van der Waals surface area contributed by atoms with Crippen molar-refractivity contribution in [2.45, 2.75) is 53.9 Å². The van der Waals surface area contributed by atoms with Gasteiger partial charge in [-0.15, -0.1) is 0 Å². The first-order valence-electron chi connectivity index (χ1n) is 4.90. The minimum absolute atomic E-state index is 0.595. The van der Waals surface area contributed by atoms with Crippen molar-refractivity contribution in [3.63, 3.8) is 0 Å². The Morgan fingerprint density at radius 3 is 2.09 bits per heavy atom. The van der Waals surface area contributed by atoms with Crippen molar-refractivity contribution in [1.29, 1.82) is 0 Å². The summed E-state index contributed by atoms with van der Waals surface area (Å²) in [5.74, 6) is 0.981. The number of hydrogen-bond acceptors (Lipinski definition) is 0. The van der Waals surface area contributed by atoms with E-state index in [0.717, 1.165) is 5.92 Å². The lowest BCUT2D eigenvalue weighted by atomic mass is 9.80. The van der Waals surface area contributed by atoms with E-state index in [4.69, 9.17) is 0 Å². The molecule has 0 N–H and O–H groups in total. The van der Waals surface area contributed by atoms with Crippen LogP contribution in [0.4, 0.5) is 0 Å². The topological polar surface area (TPSA) is 0 Å². The molecule has 0 bridgehead atoms. The van der Waals surface area contributed by atoms with Crippen LogP contribution in [0.15, 0.2) is 0 Å². The minimum atomic E-state index is 0.595. The van der Waals surface area contributed by atoms with Gasteiger partial charge in [0.25, 0.3) is 0 Å². The Hall–Kier alpha value is 0. The van der Waals surface area contributed by atoms with Crippen LogP contribution < -0.4 is 0 Å². The third-order valence-corrected chi connectivity index (χ3v) is 3.35. The summed E-state index contributed by atoms with van der Waals surface area (Å²) in [4.78, 5) is 0. The highest BCUT2D eigenvalue weighted by Crippen LogP contribution is 2.61. The molecule has 0 aromatic heterocycles. The van der Waals surface area contributed by atoms with Crippen LogP contribution in [-0.4, -0.2) is 0 Å². The van der Waals surface area contributed by atoms with Crippen LogP contribution in [0.2, 0.25) is 0 Å². The van der Waals surface area contributed by atoms with Crippen LogP contribution in [0.1, 0.15) is 53.9 Å². The molecule has 0 amide bonds. The fourth-order valence-electron chi connectivity index (χ4n) is 2.62. The highest BCUT2D eigenvalue weighted by Gasteiger charge is 2.52. The summed E-state index contributed by atoms with van der Waals surface area (Å²) in [6, 6.07) is 0. The molecule has 0 saturated heterocycles. The second-order valence-electron chi connectivity index (χ2n) is 5.48. The monoisotopic (exact) mass is 154 g/mol. The van der Waals surface area contributed by atoms with Gasteiger partial charge >= 0.3 is 0 Å². The maximum absolute atomic E-state index is 2.43. The molecule has 0 heteroatoms. The zero-order valence-corrected chi connectivity index (χ0v) is 8.70. The summed E-state index contributed by atoms with van der Waals surface area (Å²) in [7, 11) is 0. The van der Waals surface area contributed by atoms with E-state index in [2.05, 4.69) is 34.6 Å². The summed E-state index contributed by atoms with van der Waals surface area (Å²) in [5, 5.41) is 0. The van der Waals surface area contributed by atoms with Crippen LogP contribution in [0.5, 0.6) is 0 Å². The van der Waals surface area contributed by atoms with Crippen LogP contribution in [0.25, 0.3) is 0 Å². The standard InChI is InChI=1S/C11H22/c1-6-7-10(2,3)9-8-11(9,4)5/h9H,6-8H2,1-5H3. The van der Waals surface area contributed by atoms with Crippen molar-refractivity contribution in [1.82, 2.24) is 0 Å². The van der Waals surface area contributed by atoms with Gasteiger partial charge in [0.05, 0.1) is 0 Å². The van der Waals surface area contributed by atoms with E-state index in [1.54, 1.807) is 0 Å². The van der Waals surface area contributed by atoms with Gasteiger partial charge in [-0.3, -0.25) is 0 Å². The van der Waals surface area contributed by atoms with Crippen LogP contribution in [0, 0.1) is 16.7 Å². The van der Waals surface area contributed by atoms with Crippen molar-refractivity contribution in [3.8, 4) is 0 Å². The highest BCUT2D eigenvalue weighted by molar-refractivity contribution is 5.02. The molecule has 1 aliphatic carbocycles. The van der Waals surface area contributed by atoms with Gasteiger partial charge in [0.2, 0.25) is 0 Å². The lowest BCUT2D eigenvalue weighted by Gasteiger charge is -2.25. The molecular weight excluding hydrogens is 132 g/mol. The Morgan fingerprint density at radius 2 is 1.82 bits per heavy atom. The van der Waals surface area contributed by atoms with Gasteiger partial charge < -0.3 is 0 Å². The third-order valence-electron chi connectivity index (χ3n) is 3.35. The minimum Gasteiger partial charge on any atom is -0.0654 e. The Bertz CT molecular complexity index is 142. The molecule has 1 unspecified atom stereocenters. The van der Waals surface area contributed by atoms with Gasteiger partial charge in [-0.05, 0) is 29.6 Å². The maximum Gasteiger partial charge on any atom is -0.0306 e. The molecule has 0 aromatic rings. The summed E-state index contributed by atoms with van der Waals surface area (Å²) >= 11 is 0. The summed E-state index contributed by atoms with van der Waals surface area (Å²) < 4.78 is 0. The fourth-order valence-corrected chi connectivity index (χ4v) is 2.62. The van der Waals surface area contributed by atoms with Crippen molar-refractivity contribution in [2.24, 2.45) is 16.7 Å². The Balaban J connectivity index is 2.48. The van der Waals surface area contributed by atoms with Crippen molar-refractivity contribution >= 4 is 0 Å². The smallest absolute Gasteiger partial charge is 0.0306 e. The molecule has 0 spiro atoms. The van der Waals surface area contributed by atoms with Crippen LogP contribution in [0.3, 0.4) is 0 Å². The van der Waals surface area contributed by atoms with Gasteiger partial charge in [-0.1, -0.05) is 41.0 Å². The molecule has 1 aliphatic rings. The summed E-state index contributed by atoms with van der Waals surface area (Å²) in [5.41, 5.74) is 1.25. The summed E-state index contributed by atoms with van der Waals surface area (Å²) in [6.07, 6.45) is 4.17. The first-order chi connectivity index (χ1) is 4.90. The highest BCUT2D eigenvalue weighted by atomic mass is 14.6. The van der Waals surface area contributed by atoms with E-state index < -0.39 is 0 Å². The lowest BCUT2D eigenvalue weighted by Crippen LogP contribution is -2.16. The zero-order valence-electron chi connectivity index (χ0n) is 8.70. The van der Waals surface area contributed by atoms with Gasteiger partial charge in [-0.2, -0.15) is 0 Å². The fraction of sp³-hybridized carbons (Fsp3) is 1.00. The van der Waals surface area contributed by atoms with Gasteiger partial charge in [-0.25, -0.2) is 0 Å². The van der Waals surface area contributed by atoms with Crippen molar-refractivity contribution in [3.05, 3.63) is 0 Å². The van der Waals surface area contributed by atoms with E-state index in [1.807, 2.05) is 0 Å². The molecule has 0 aliphatic heterocycles. The second kappa shape index (κ2) is 2.50. The van der Waals surface area contributed by atoms with E-state index in [-0.39, 0.29) is 0 Å². The van der Waals surface area contributed by atoms with Gasteiger partial charge in [0, 0.05) is 0 Å². The second-order valence-corrected chi connectivity index (χ2v) is 5.48. The molecule has 0 heterocycles. The third kappa shape index (κ3) is 1.77. The average Bonchev–Trinajstić information content (AvgIpc) is 2.41. The van der Waals surface area contributed by atoms with E-state index in [9.17, 15) is 0 Å². The van der Waals surface area contributed by atoms with Crippen LogP contribution >= 0.6 is 0 Å². The Labute approximate surface area is 71.4 Å². The SMILES string of the molecule is CCCC(C)(C)C1CC1(C)C. The number of hydrogen-bond donors (Lipinski definition) is 0. The van der Waals surface area contributed by atoms with Crippen LogP contribution in [-0.2, 0) is 0 Å². The zero-order chi connectivity index (χ0) is 8.70.